The van der Waals surface area contributed by atoms with E-state index in [4.69, 9.17) is 16.3 Å². The third-order valence-electron chi connectivity index (χ3n) is 4.08. The number of hydrogen-bond donors (Lipinski definition) is 1. The molecule has 19 heavy (non-hydrogen) atoms. The van der Waals surface area contributed by atoms with Crippen molar-refractivity contribution in [2.75, 3.05) is 13.7 Å². The molecule has 1 aliphatic rings. The summed E-state index contributed by atoms with van der Waals surface area (Å²) >= 11 is 5.87. The van der Waals surface area contributed by atoms with Gasteiger partial charge < -0.3 is 10.1 Å². The van der Waals surface area contributed by atoms with E-state index in [1.54, 1.807) is 0 Å². The first-order valence-corrected chi connectivity index (χ1v) is 7.73. The molecule has 0 amide bonds. The maximum atomic E-state index is 5.89. The zero-order valence-corrected chi connectivity index (χ0v) is 12.5. The summed E-state index contributed by atoms with van der Waals surface area (Å²) in [5.74, 6) is 1.65. The third kappa shape index (κ3) is 4.70. The number of nitrogens with one attached hydrogen (secondary N) is 1. The summed E-state index contributed by atoms with van der Waals surface area (Å²) in [5, 5.41) is 4.18. The van der Waals surface area contributed by atoms with Crippen molar-refractivity contribution in [3.63, 3.8) is 0 Å². The first-order valence-electron chi connectivity index (χ1n) is 7.35. The topological polar surface area (TPSA) is 21.3 Å². The van der Waals surface area contributed by atoms with Gasteiger partial charge in [0, 0.05) is 11.1 Å². The van der Waals surface area contributed by atoms with Crippen molar-refractivity contribution < 1.29 is 4.74 Å². The Morgan fingerprint density at radius 3 is 2.37 bits per heavy atom. The normalized spacial score (nSPS) is 18.8. The zero-order valence-electron chi connectivity index (χ0n) is 11.7. The Labute approximate surface area is 121 Å². The van der Waals surface area contributed by atoms with Crippen molar-refractivity contribution in [2.45, 2.75) is 44.6 Å². The molecule has 1 N–H and O–H groups in total. The van der Waals surface area contributed by atoms with Crippen molar-refractivity contribution in [3.8, 4) is 5.75 Å². The Hall–Kier alpha value is -0.730. The fourth-order valence-electron chi connectivity index (χ4n) is 2.89. The molecule has 0 aromatic heterocycles. The van der Waals surface area contributed by atoms with E-state index in [1.165, 1.54) is 38.5 Å². The molecule has 0 bridgehead atoms. The van der Waals surface area contributed by atoms with Crippen LogP contribution in [0.2, 0.25) is 5.02 Å². The third-order valence-corrected chi connectivity index (χ3v) is 4.33. The van der Waals surface area contributed by atoms with Gasteiger partial charge in [-0.2, -0.15) is 0 Å². The highest BCUT2D eigenvalue weighted by molar-refractivity contribution is 6.30. The molecule has 0 aliphatic heterocycles. The van der Waals surface area contributed by atoms with Crippen LogP contribution in [-0.2, 0) is 0 Å². The van der Waals surface area contributed by atoms with E-state index in [0.29, 0.717) is 6.04 Å². The molecule has 1 aromatic carbocycles. The summed E-state index contributed by atoms with van der Waals surface area (Å²) in [5.41, 5.74) is 0. The van der Waals surface area contributed by atoms with Crippen LogP contribution >= 0.6 is 11.6 Å². The summed E-state index contributed by atoms with van der Waals surface area (Å²) in [6, 6.07) is 8.06. The van der Waals surface area contributed by atoms with Gasteiger partial charge in [0.1, 0.15) is 12.4 Å². The molecule has 0 spiro atoms. The minimum atomic E-state index is 0.453. The predicted molar refractivity (Wildman–Crippen MR) is 81.0 cm³/mol. The molecule has 1 fully saturated rings. The van der Waals surface area contributed by atoms with Gasteiger partial charge in [-0.15, -0.1) is 0 Å². The zero-order chi connectivity index (χ0) is 13.5. The van der Waals surface area contributed by atoms with E-state index in [-0.39, 0.29) is 0 Å². The Morgan fingerprint density at radius 2 is 1.79 bits per heavy atom. The Kier molecular flexibility index (Phi) is 5.99. The van der Waals surface area contributed by atoms with Crippen LogP contribution in [0.25, 0.3) is 0 Å². The lowest BCUT2D eigenvalue weighted by Gasteiger charge is -2.25. The maximum Gasteiger partial charge on any atom is 0.119 e. The standard InChI is InChI=1S/C16H24ClNO/c1-18-16(13-6-4-2-3-5-7-13)12-19-15-10-8-14(17)9-11-15/h8-11,13,16,18H,2-7,12H2,1H3. The van der Waals surface area contributed by atoms with E-state index in [0.717, 1.165) is 23.3 Å². The first-order chi connectivity index (χ1) is 9.29. The maximum absolute atomic E-state index is 5.89. The second-order valence-electron chi connectivity index (χ2n) is 5.41. The molecule has 1 aromatic rings. The average Bonchev–Trinajstić information content (AvgIpc) is 2.71. The predicted octanol–water partition coefficient (Wildman–Crippen LogP) is 4.28. The molecular weight excluding hydrogens is 258 g/mol. The van der Waals surface area contributed by atoms with Gasteiger partial charge in [-0.05, 0) is 50.1 Å². The number of benzene rings is 1. The average molecular weight is 282 g/mol. The number of halogens is 1. The lowest BCUT2D eigenvalue weighted by Crippen LogP contribution is -2.38. The SMILES string of the molecule is CNC(COc1ccc(Cl)cc1)C1CCCCCC1. The van der Waals surface area contributed by atoms with Gasteiger partial charge in [-0.1, -0.05) is 37.3 Å². The highest BCUT2D eigenvalue weighted by Gasteiger charge is 2.21. The Bertz CT molecular complexity index is 358. The van der Waals surface area contributed by atoms with E-state index >= 15 is 0 Å². The highest BCUT2D eigenvalue weighted by Crippen LogP contribution is 2.26. The quantitative estimate of drug-likeness (QED) is 0.814. The minimum Gasteiger partial charge on any atom is -0.492 e. The lowest BCUT2D eigenvalue weighted by molar-refractivity contribution is 0.211. The first kappa shape index (κ1) is 14.7. The van der Waals surface area contributed by atoms with Crippen molar-refractivity contribution in [3.05, 3.63) is 29.3 Å². The van der Waals surface area contributed by atoms with Gasteiger partial charge in [0.15, 0.2) is 0 Å². The van der Waals surface area contributed by atoms with Crippen LogP contribution in [0.4, 0.5) is 0 Å². The van der Waals surface area contributed by atoms with Gasteiger partial charge in [0.2, 0.25) is 0 Å². The highest BCUT2D eigenvalue weighted by atomic mass is 35.5. The molecule has 106 valence electrons. The molecule has 1 unspecified atom stereocenters. The molecule has 0 heterocycles. The number of ether oxygens (including phenoxy) is 1. The van der Waals surface area contributed by atoms with Crippen LogP contribution in [-0.4, -0.2) is 19.7 Å². The summed E-state index contributed by atoms with van der Waals surface area (Å²) < 4.78 is 5.89. The van der Waals surface area contributed by atoms with Crippen molar-refractivity contribution in [2.24, 2.45) is 5.92 Å². The molecule has 1 aliphatic carbocycles. The van der Waals surface area contributed by atoms with E-state index < -0.39 is 0 Å². The van der Waals surface area contributed by atoms with Gasteiger partial charge in [-0.3, -0.25) is 0 Å². The van der Waals surface area contributed by atoms with E-state index in [1.807, 2.05) is 31.3 Å². The van der Waals surface area contributed by atoms with Gasteiger partial charge in [-0.25, -0.2) is 0 Å². The minimum absolute atomic E-state index is 0.453. The van der Waals surface area contributed by atoms with Crippen molar-refractivity contribution >= 4 is 11.6 Å². The van der Waals surface area contributed by atoms with E-state index in [2.05, 4.69) is 5.32 Å². The van der Waals surface area contributed by atoms with Crippen molar-refractivity contribution in [1.29, 1.82) is 0 Å². The van der Waals surface area contributed by atoms with Crippen LogP contribution < -0.4 is 10.1 Å². The second-order valence-corrected chi connectivity index (χ2v) is 5.85. The summed E-state index contributed by atoms with van der Waals surface area (Å²) in [7, 11) is 2.04. The molecule has 0 radical (unpaired) electrons. The fraction of sp³-hybridized carbons (Fsp3) is 0.625. The van der Waals surface area contributed by atoms with Crippen LogP contribution in [0, 0.1) is 5.92 Å². The van der Waals surface area contributed by atoms with Crippen LogP contribution in [0.5, 0.6) is 5.75 Å². The van der Waals surface area contributed by atoms with Crippen LogP contribution in [0.1, 0.15) is 38.5 Å². The molecular formula is C16H24ClNO. The molecule has 0 saturated heterocycles. The Morgan fingerprint density at radius 1 is 1.16 bits per heavy atom. The summed E-state index contributed by atoms with van der Waals surface area (Å²) in [6.45, 7) is 0.739. The second kappa shape index (κ2) is 7.76. The number of likely N-dealkylation sites (N-methyl/N-ethyl adjacent to an activating group) is 1. The van der Waals surface area contributed by atoms with Gasteiger partial charge in [0.05, 0.1) is 0 Å². The molecule has 1 atom stereocenters. The summed E-state index contributed by atoms with van der Waals surface area (Å²) in [6.07, 6.45) is 8.18. The van der Waals surface area contributed by atoms with Crippen molar-refractivity contribution in [1.82, 2.24) is 5.32 Å². The van der Waals surface area contributed by atoms with Gasteiger partial charge >= 0.3 is 0 Å². The van der Waals surface area contributed by atoms with Crippen LogP contribution in [0.15, 0.2) is 24.3 Å². The molecule has 2 rings (SSSR count). The molecule has 2 nitrogen and oxygen atoms in total. The monoisotopic (exact) mass is 281 g/mol. The number of rotatable bonds is 5. The van der Waals surface area contributed by atoms with E-state index in [9.17, 15) is 0 Å². The summed E-state index contributed by atoms with van der Waals surface area (Å²) in [4.78, 5) is 0. The fourth-order valence-corrected chi connectivity index (χ4v) is 3.01. The largest absolute Gasteiger partial charge is 0.492 e. The Balaban J connectivity index is 1.85. The number of hydrogen-bond acceptors (Lipinski definition) is 2. The lowest BCUT2D eigenvalue weighted by atomic mass is 9.92. The van der Waals surface area contributed by atoms with Gasteiger partial charge in [0.25, 0.3) is 0 Å². The smallest absolute Gasteiger partial charge is 0.119 e. The molecule has 1 saturated carbocycles. The van der Waals surface area contributed by atoms with Crippen LogP contribution in [0.3, 0.4) is 0 Å². The molecule has 3 heteroatoms.